The van der Waals surface area contributed by atoms with Crippen LogP contribution in [0.4, 0.5) is 0 Å². The third kappa shape index (κ3) is 5.04. The van der Waals surface area contributed by atoms with Crippen LogP contribution in [-0.4, -0.2) is 35.1 Å². The minimum absolute atomic E-state index is 0.537. The molecule has 2 heterocycles. The summed E-state index contributed by atoms with van der Waals surface area (Å²) in [7, 11) is 0. The van der Waals surface area contributed by atoms with Crippen LogP contribution in [0.3, 0.4) is 0 Å². The van der Waals surface area contributed by atoms with Crippen LogP contribution >= 0.6 is 11.3 Å². The Labute approximate surface area is 134 Å². The number of hydrogen-bond donors (Lipinski definition) is 1. The summed E-state index contributed by atoms with van der Waals surface area (Å²) >= 11 is 1.92. The molecule has 21 heavy (non-hydrogen) atoms. The molecule has 1 saturated heterocycles. The molecule has 1 aromatic heterocycles. The number of piperidine rings is 1. The highest BCUT2D eigenvalue weighted by Gasteiger charge is 2.18. The van der Waals surface area contributed by atoms with E-state index in [2.05, 4.69) is 37.9 Å². The van der Waals surface area contributed by atoms with Crippen molar-refractivity contribution in [2.45, 2.75) is 78.4 Å². The molecule has 0 spiro atoms. The van der Waals surface area contributed by atoms with E-state index < -0.39 is 0 Å². The van der Waals surface area contributed by atoms with Gasteiger partial charge >= 0.3 is 0 Å². The smallest absolute Gasteiger partial charge is 0.0944 e. The van der Waals surface area contributed by atoms with E-state index in [0.29, 0.717) is 6.04 Å². The fourth-order valence-electron chi connectivity index (χ4n) is 2.98. The molecule has 1 aliphatic rings. The van der Waals surface area contributed by atoms with E-state index in [0.717, 1.165) is 25.4 Å². The molecular weight excluding hydrogens is 278 g/mol. The summed E-state index contributed by atoms with van der Waals surface area (Å²) in [6.45, 7) is 12.4. The van der Waals surface area contributed by atoms with Gasteiger partial charge in [0.2, 0.25) is 0 Å². The van der Waals surface area contributed by atoms with E-state index in [1.165, 1.54) is 47.9 Å². The predicted molar refractivity (Wildman–Crippen MR) is 92.1 cm³/mol. The van der Waals surface area contributed by atoms with Gasteiger partial charge in [-0.3, -0.25) is 0 Å². The lowest BCUT2D eigenvalue weighted by molar-refractivity contribution is 0.163. The van der Waals surface area contributed by atoms with Crippen molar-refractivity contribution in [2.75, 3.05) is 13.1 Å². The van der Waals surface area contributed by atoms with Crippen LogP contribution in [0.2, 0.25) is 0 Å². The zero-order valence-corrected chi connectivity index (χ0v) is 14.9. The lowest BCUT2D eigenvalue weighted by Gasteiger charge is -2.33. The number of aryl methyl sites for hydroxylation is 1. The van der Waals surface area contributed by atoms with E-state index in [4.69, 9.17) is 4.98 Å². The van der Waals surface area contributed by atoms with Crippen LogP contribution in [0.25, 0.3) is 0 Å². The normalized spacial score (nSPS) is 20.3. The van der Waals surface area contributed by atoms with Crippen molar-refractivity contribution in [3.63, 3.8) is 0 Å². The number of nitrogens with zero attached hydrogens (tertiary/aromatic N) is 2. The van der Waals surface area contributed by atoms with E-state index >= 15 is 0 Å². The zero-order chi connectivity index (χ0) is 15.2. The molecule has 4 heteroatoms. The van der Waals surface area contributed by atoms with E-state index in [1.54, 1.807) is 0 Å². The molecular formula is C17H31N3S. The van der Waals surface area contributed by atoms with Crippen molar-refractivity contribution in [3.8, 4) is 0 Å². The van der Waals surface area contributed by atoms with Crippen molar-refractivity contribution >= 4 is 11.3 Å². The third-order valence-electron chi connectivity index (χ3n) is 4.38. The molecule has 1 aliphatic heterocycles. The molecule has 0 radical (unpaired) electrons. The van der Waals surface area contributed by atoms with Gasteiger partial charge in [-0.1, -0.05) is 27.2 Å². The van der Waals surface area contributed by atoms with Crippen LogP contribution < -0.4 is 5.32 Å². The number of rotatable bonds is 7. The molecule has 0 saturated carbocycles. The number of thiazole rings is 1. The molecule has 3 nitrogen and oxygen atoms in total. The first-order valence-electron chi connectivity index (χ1n) is 8.55. The van der Waals surface area contributed by atoms with Gasteiger partial charge in [-0.15, -0.1) is 11.3 Å². The van der Waals surface area contributed by atoms with Gasteiger partial charge in [0.25, 0.3) is 0 Å². The maximum atomic E-state index is 4.87. The molecule has 1 N–H and O–H groups in total. The van der Waals surface area contributed by atoms with E-state index in [1.807, 2.05) is 11.3 Å². The van der Waals surface area contributed by atoms with Gasteiger partial charge in [0, 0.05) is 36.5 Å². The van der Waals surface area contributed by atoms with Crippen LogP contribution in [0.5, 0.6) is 0 Å². The minimum atomic E-state index is 0.537. The molecule has 1 fully saturated rings. The predicted octanol–water partition coefficient (Wildman–Crippen LogP) is 3.62. The second kappa shape index (κ2) is 8.25. The van der Waals surface area contributed by atoms with Crippen LogP contribution in [-0.2, 0) is 19.4 Å². The Morgan fingerprint density at radius 2 is 2.19 bits per heavy atom. The fourth-order valence-corrected chi connectivity index (χ4v) is 4.08. The highest BCUT2D eigenvalue weighted by Crippen LogP contribution is 2.22. The molecule has 0 amide bonds. The maximum Gasteiger partial charge on any atom is 0.0944 e. The Balaban J connectivity index is 1.90. The Bertz CT molecular complexity index is 428. The van der Waals surface area contributed by atoms with Crippen LogP contribution in [0, 0.1) is 0 Å². The number of hydrogen-bond acceptors (Lipinski definition) is 4. The number of likely N-dealkylation sites (tertiary alicyclic amines) is 1. The largest absolute Gasteiger partial charge is 0.310 e. The van der Waals surface area contributed by atoms with Gasteiger partial charge in [-0.2, -0.15) is 0 Å². The molecule has 0 aromatic carbocycles. The zero-order valence-electron chi connectivity index (χ0n) is 14.1. The van der Waals surface area contributed by atoms with Crippen LogP contribution in [0.15, 0.2) is 0 Å². The summed E-state index contributed by atoms with van der Waals surface area (Å²) in [6.07, 6.45) is 6.29. The molecule has 2 rings (SSSR count). The van der Waals surface area contributed by atoms with Gasteiger partial charge in [0.1, 0.15) is 0 Å². The lowest BCUT2D eigenvalue weighted by atomic mass is 10.0. The highest BCUT2D eigenvalue weighted by atomic mass is 32.1. The fraction of sp³-hybridized carbons (Fsp3) is 0.824. The summed E-state index contributed by atoms with van der Waals surface area (Å²) in [4.78, 5) is 8.95. The molecule has 0 aliphatic carbocycles. The van der Waals surface area contributed by atoms with Gasteiger partial charge in [0.05, 0.1) is 10.7 Å². The number of nitrogens with one attached hydrogen (secondary N) is 1. The topological polar surface area (TPSA) is 28.2 Å². The van der Waals surface area contributed by atoms with E-state index in [9.17, 15) is 0 Å². The molecule has 1 aromatic rings. The van der Waals surface area contributed by atoms with E-state index in [-0.39, 0.29) is 0 Å². The summed E-state index contributed by atoms with van der Waals surface area (Å²) in [5, 5.41) is 4.85. The minimum Gasteiger partial charge on any atom is -0.310 e. The van der Waals surface area contributed by atoms with Gasteiger partial charge in [-0.25, -0.2) is 4.98 Å². The second-order valence-electron chi connectivity index (χ2n) is 6.50. The monoisotopic (exact) mass is 309 g/mol. The summed E-state index contributed by atoms with van der Waals surface area (Å²) in [5.74, 6) is 0. The first kappa shape index (κ1) is 16.9. The van der Waals surface area contributed by atoms with Crippen LogP contribution in [0.1, 0.15) is 62.5 Å². The standard InChI is InChI=1S/C17H31N3S/c1-5-15-16(12-18-13(2)3)21-17(19-15)9-11-20-10-7-6-8-14(20)4/h13-14,18H,5-12H2,1-4H3. The van der Waals surface area contributed by atoms with Gasteiger partial charge < -0.3 is 10.2 Å². The Morgan fingerprint density at radius 1 is 1.38 bits per heavy atom. The molecule has 1 unspecified atom stereocenters. The second-order valence-corrected chi connectivity index (χ2v) is 7.67. The quantitative estimate of drug-likeness (QED) is 0.834. The molecule has 120 valence electrons. The Kier molecular flexibility index (Phi) is 6.65. The highest BCUT2D eigenvalue weighted by molar-refractivity contribution is 7.11. The van der Waals surface area contributed by atoms with Crippen molar-refractivity contribution in [2.24, 2.45) is 0 Å². The van der Waals surface area contributed by atoms with Crippen molar-refractivity contribution in [1.29, 1.82) is 0 Å². The Hall–Kier alpha value is -0.450. The average Bonchev–Trinajstić information content (AvgIpc) is 2.86. The third-order valence-corrected chi connectivity index (χ3v) is 5.54. The first-order valence-corrected chi connectivity index (χ1v) is 9.36. The molecule has 0 bridgehead atoms. The van der Waals surface area contributed by atoms with Gasteiger partial charge in [-0.05, 0) is 32.7 Å². The average molecular weight is 310 g/mol. The summed E-state index contributed by atoms with van der Waals surface area (Å²) < 4.78 is 0. The maximum absolute atomic E-state index is 4.87. The SMILES string of the molecule is CCc1nc(CCN2CCCCC2C)sc1CNC(C)C. The van der Waals surface area contributed by atoms with Crippen molar-refractivity contribution < 1.29 is 0 Å². The first-order chi connectivity index (χ1) is 10.1. The molecule has 1 atom stereocenters. The summed E-state index contributed by atoms with van der Waals surface area (Å²) in [6, 6.07) is 1.29. The van der Waals surface area contributed by atoms with Crippen molar-refractivity contribution in [3.05, 3.63) is 15.6 Å². The lowest BCUT2D eigenvalue weighted by Crippen LogP contribution is -2.38. The number of aromatic nitrogens is 1. The summed E-state index contributed by atoms with van der Waals surface area (Å²) in [5.41, 5.74) is 1.30. The van der Waals surface area contributed by atoms with Crippen molar-refractivity contribution in [1.82, 2.24) is 15.2 Å². The van der Waals surface area contributed by atoms with Gasteiger partial charge in [0.15, 0.2) is 0 Å². The Morgan fingerprint density at radius 3 is 2.86 bits per heavy atom.